The summed E-state index contributed by atoms with van der Waals surface area (Å²) in [5, 5.41) is 3.23. The molecule has 0 bridgehead atoms. The summed E-state index contributed by atoms with van der Waals surface area (Å²) in [7, 11) is 0. The fourth-order valence-corrected chi connectivity index (χ4v) is 2.90. The number of nitrogens with zero attached hydrogens (tertiary/aromatic N) is 1. The molecule has 0 saturated carbocycles. The van der Waals surface area contributed by atoms with Crippen LogP contribution in [0.3, 0.4) is 0 Å². The van der Waals surface area contributed by atoms with E-state index in [0.717, 1.165) is 32.2 Å². The van der Waals surface area contributed by atoms with Crippen LogP contribution in [0.25, 0.3) is 0 Å². The van der Waals surface area contributed by atoms with Crippen molar-refractivity contribution >= 4 is 12.4 Å². The van der Waals surface area contributed by atoms with Gasteiger partial charge >= 0.3 is 6.18 Å². The number of nitrogens with one attached hydrogen (secondary N) is 1. The Labute approximate surface area is 140 Å². The first-order chi connectivity index (χ1) is 10.3. The minimum atomic E-state index is -4.53. The van der Waals surface area contributed by atoms with Crippen LogP contribution in [-0.2, 0) is 6.18 Å². The van der Waals surface area contributed by atoms with Crippen molar-refractivity contribution in [3.63, 3.8) is 0 Å². The number of rotatable bonds is 4. The van der Waals surface area contributed by atoms with Gasteiger partial charge in [-0.2, -0.15) is 13.2 Å². The monoisotopic (exact) mass is 354 g/mol. The second-order valence-corrected chi connectivity index (χ2v) is 6.20. The normalized spacial score (nSPS) is 17.9. The fraction of sp³-hybridized carbons (Fsp3) is 0.625. The van der Waals surface area contributed by atoms with Gasteiger partial charge < -0.3 is 5.32 Å². The van der Waals surface area contributed by atoms with E-state index in [4.69, 9.17) is 0 Å². The molecule has 1 saturated heterocycles. The lowest BCUT2D eigenvalue weighted by molar-refractivity contribution is -0.137. The molecular weight excluding hydrogens is 332 g/mol. The van der Waals surface area contributed by atoms with E-state index < -0.39 is 17.6 Å². The molecule has 0 spiro atoms. The molecule has 0 aliphatic carbocycles. The van der Waals surface area contributed by atoms with E-state index in [1.165, 1.54) is 6.07 Å². The van der Waals surface area contributed by atoms with Gasteiger partial charge in [0.2, 0.25) is 0 Å². The molecule has 1 aliphatic rings. The minimum Gasteiger partial charge on any atom is -0.314 e. The molecule has 1 aliphatic heterocycles. The van der Waals surface area contributed by atoms with Crippen molar-refractivity contribution < 1.29 is 17.6 Å². The van der Waals surface area contributed by atoms with Crippen molar-refractivity contribution in [2.45, 2.75) is 32.5 Å². The SMILES string of the molecule is CC(C)C[C@H](c1cc(F)cc(C(F)(F)F)c1)N1CCNCC1.Cl. The summed E-state index contributed by atoms with van der Waals surface area (Å²) in [5.74, 6) is -0.508. The van der Waals surface area contributed by atoms with E-state index in [0.29, 0.717) is 24.0 Å². The summed E-state index contributed by atoms with van der Waals surface area (Å²) in [6.45, 7) is 7.18. The molecular formula is C16H23ClF4N2. The van der Waals surface area contributed by atoms with Gasteiger partial charge in [-0.1, -0.05) is 13.8 Å². The summed E-state index contributed by atoms with van der Waals surface area (Å²) in [5.41, 5.74) is -0.491. The Bertz CT molecular complexity index is 499. The number of benzene rings is 1. The van der Waals surface area contributed by atoms with Crippen LogP contribution < -0.4 is 5.32 Å². The standard InChI is InChI=1S/C16H22F4N2.ClH/c1-11(2)7-15(22-5-3-21-4-6-22)12-8-13(16(18,19)20)10-14(17)9-12;/h8-11,15,21H,3-7H2,1-2H3;1H/t15-;/m1./s1. The largest absolute Gasteiger partial charge is 0.416 e. The lowest BCUT2D eigenvalue weighted by Crippen LogP contribution is -2.45. The number of piperazine rings is 1. The van der Waals surface area contributed by atoms with Gasteiger partial charge in [-0.05, 0) is 36.1 Å². The highest BCUT2D eigenvalue weighted by molar-refractivity contribution is 5.85. The Hall–Kier alpha value is -0.850. The quantitative estimate of drug-likeness (QED) is 0.813. The van der Waals surface area contributed by atoms with E-state index in [1.807, 2.05) is 13.8 Å². The molecule has 2 rings (SSSR count). The van der Waals surface area contributed by atoms with Gasteiger partial charge in [0, 0.05) is 32.2 Å². The molecule has 1 fully saturated rings. The summed E-state index contributed by atoms with van der Waals surface area (Å²) >= 11 is 0. The van der Waals surface area contributed by atoms with Crippen LogP contribution in [0.1, 0.15) is 37.4 Å². The van der Waals surface area contributed by atoms with Crippen molar-refractivity contribution in [1.82, 2.24) is 10.2 Å². The van der Waals surface area contributed by atoms with E-state index >= 15 is 0 Å². The smallest absolute Gasteiger partial charge is 0.314 e. The Morgan fingerprint density at radius 3 is 2.26 bits per heavy atom. The fourth-order valence-electron chi connectivity index (χ4n) is 2.90. The maximum Gasteiger partial charge on any atom is 0.416 e. The molecule has 1 aromatic rings. The van der Waals surface area contributed by atoms with Crippen molar-refractivity contribution in [3.8, 4) is 0 Å². The zero-order valence-electron chi connectivity index (χ0n) is 13.3. The third-order valence-electron chi connectivity index (χ3n) is 3.92. The second kappa shape index (κ2) is 8.31. The van der Waals surface area contributed by atoms with Crippen LogP contribution in [0.15, 0.2) is 18.2 Å². The van der Waals surface area contributed by atoms with Gasteiger partial charge in [-0.3, -0.25) is 4.90 Å². The van der Waals surface area contributed by atoms with Gasteiger partial charge in [0.25, 0.3) is 0 Å². The number of hydrogen-bond donors (Lipinski definition) is 1. The van der Waals surface area contributed by atoms with Crippen LogP contribution in [0.4, 0.5) is 17.6 Å². The summed E-state index contributed by atoms with van der Waals surface area (Å²) < 4.78 is 52.5. The molecule has 0 amide bonds. The van der Waals surface area contributed by atoms with Crippen molar-refractivity contribution in [1.29, 1.82) is 0 Å². The topological polar surface area (TPSA) is 15.3 Å². The van der Waals surface area contributed by atoms with Crippen LogP contribution >= 0.6 is 12.4 Å². The lowest BCUT2D eigenvalue weighted by atomic mass is 9.93. The molecule has 0 aromatic heterocycles. The first kappa shape index (κ1) is 20.2. The number of hydrogen-bond acceptors (Lipinski definition) is 2. The molecule has 2 nitrogen and oxygen atoms in total. The van der Waals surface area contributed by atoms with Gasteiger partial charge in [-0.15, -0.1) is 12.4 Å². The molecule has 1 aromatic carbocycles. The van der Waals surface area contributed by atoms with Crippen LogP contribution in [0.5, 0.6) is 0 Å². The second-order valence-electron chi connectivity index (χ2n) is 6.20. The highest BCUT2D eigenvalue weighted by Crippen LogP contribution is 2.35. The van der Waals surface area contributed by atoms with E-state index in [-0.39, 0.29) is 18.4 Å². The zero-order chi connectivity index (χ0) is 16.3. The maximum atomic E-state index is 13.7. The molecule has 0 unspecified atom stereocenters. The third kappa shape index (κ3) is 5.62. The third-order valence-corrected chi connectivity index (χ3v) is 3.92. The summed E-state index contributed by atoms with van der Waals surface area (Å²) in [6.07, 6.45) is -3.82. The van der Waals surface area contributed by atoms with Gasteiger partial charge in [0.1, 0.15) is 5.82 Å². The van der Waals surface area contributed by atoms with Gasteiger partial charge in [0.05, 0.1) is 5.56 Å². The summed E-state index contributed by atoms with van der Waals surface area (Å²) in [4.78, 5) is 2.14. The molecule has 1 heterocycles. The molecule has 1 atom stereocenters. The van der Waals surface area contributed by atoms with Crippen LogP contribution in [0, 0.1) is 11.7 Å². The van der Waals surface area contributed by atoms with Crippen LogP contribution in [0.2, 0.25) is 0 Å². The number of alkyl halides is 3. The van der Waals surface area contributed by atoms with Crippen molar-refractivity contribution in [2.24, 2.45) is 5.92 Å². The number of halogens is 5. The van der Waals surface area contributed by atoms with E-state index in [1.54, 1.807) is 0 Å². The Kier molecular flexibility index (Phi) is 7.29. The highest BCUT2D eigenvalue weighted by Gasteiger charge is 2.33. The van der Waals surface area contributed by atoms with Crippen LogP contribution in [-0.4, -0.2) is 31.1 Å². The molecule has 1 N–H and O–H groups in total. The molecule has 7 heteroatoms. The Balaban J connectivity index is 0.00000264. The predicted molar refractivity (Wildman–Crippen MR) is 85.3 cm³/mol. The predicted octanol–water partition coefficient (Wildman–Crippen LogP) is 4.26. The maximum absolute atomic E-state index is 13.7. The molecule has 0 radical (unpaired) electrons. The zero-order valence-corrected chi connectivity index (χ0v) is 14.1. The molecule has 23 heavy (non-hydrogen) atoms. The first-order valence-electron chi connectivity index (χ1n) is 7.60. The van der Waals surface area contributed by atoms with Gasteiger partial charge in [-0.25, -0.2) is 4.39 Å². The van der Waals surface area contributed by atoms with Crippen molar-refractivity contribution in [2.75, 3.05) is 26.2 Å². The first-order valence-corrected chi connectivity index (χ1v) is 7.60. The Morgan fingerprint density at radius 1 is 1.13 bits per heavy atom. The highest BCUT2D eigenvalue weighted by atomic mass is 35.5. The van der Waals surface area contributed by atoms with Crippen molar-refractivity contribution in [3.05, 3.63) is 35.1 Å². The van der Waals surface area contributed by atoms with Gasteiger partial charge in [0.15, 0.2) is 0 Å². The Morgan fingerprint density at radius 2 is 1.74 bits per heavy atom. The average molecular weight is 355 g/mol. The average Bonchev–Trinajstić information content (AvgIpc) is 2.44. The van der Waals surface area contributed by atoms with E-state index in [9.17, 15) is 17.6 Å². The molecule has 132 valence electrons. The summed E-state index contributed by atoms with van der Waals surface area (Å²) in [6, 6.07) is 2.72. The lowest BCUT2D eigenvalue weighted by Gasteiger charge is -2.36. The van der Waals surface area contributed by atoms with E-state index in [2.05, 4.69) is 10.2 Å². The minimum absolute atomic E-state index is 0.